The Morgan fingerprint density at radius 2 is 2.67 bits per heavy atom. The third kappa shape index (κ3) is 1.80. The van der Waals surface area contributed by atoms with Crippen LogP contribution in [0.1, 0.15) is 13.3 Å². The first-order chi connectivity index (χ1) is 4.33. The molecule has 1 heterocycles. The highest BCUT2D eigenvalue weighted by molar-refractivity contribution is 5.11. The zero-order chi connectivity index (χ0) is 6.69. The van der Waals surface area contributed by atoms with Crippen molar-refractivity contribution in [3.63, 3.8) is 0 Å². The fourth-order valence-corrected chi connectivity index (χ4v) is 1.06. The second-order valence-corrected chi connectivity index (χ2v) is 2.47. The maximum absolute atomic E-state index is 5.66. The molecule has 1 unspecified atom stereocenters. The third-order valence-corrected chi connectivity index (χ3v) is 1.64. The van der Waals surface area contributed by atoms with E-state index in [0.717, 1.165) is 19.5 Å². The molecular formula is C7H14N2. The Balaban J connectivity index is 2.49. The lowest BCUT2D eigenvalue weighted by molar-refractivity contribution is 0.624. The molecular weight excluding hydrogens is 112 g/mol. The topological polar surface area (TPSA) is 38.0 Å². The number of nitrogens with two attached hydrogens (primary N) is 1. The van der Waals surface area contributed by atoms with Crippen LogP contribution in [0.4, 0.5) is 0 Å². The molecule has 0 saturated carbocycles. The Hall–Kier alpha value is -0.340. The summed E-state index contributed by atoms with van der Waals surface area (Å²) >= 11 is 0. The largest absolute Gasteiger partial charge is 0.323 e. The van der Waals surface area contributed by atoms with Gasteiger partial charge in [-0.1, -0.05) is 18.6 Å². The normalized spacial score (nSPS) is 27.8. The van der Waals surface area contributed by atoms with E-state index in [4.69, 9.17) is 5.73 Å². The van der Waals surface area contributed by atoms with Crippen molar-refractivity contribution in [2.24, 2.45) is 5.73 Å². The lowest BCUT2D eigenvalue weighted by atomic mass is 10.1. The summed E-state index contributed by atoms with van der Waals surface area (Å²) in [6, 6.07) is 0.244. The van der Waals surface area contributed by atoms with Crippen LogP contribution in [0.15, 0.2) is 11.6 Å². The van der Waals surface area contributed by atoms with Gasteiger partial charge in [-0.3, -0.25) is 0 Å². The van der Waals surface area contributed by atoms with E-state index in [1.54, 1.807) is 0 Å². The molecule has 3 N–H and O–H groups in total. The Morgan fingerprint density at radius 1 is 1.89 bits per heavy atom. The maximum atomic E-state index is 5.66. The fourth-order valence-electron chi connectivity index (χ4n) is 1.06. The van der Waals surface area contributed by atoms with Crippen molar-refractivity contribution in [2.75, 3.05) is 13.1 Å². The standard InChI is InChI=1S/C7H14N2/c1-2-6-3-7(8)5-9-4-6/h3,7,9H,2,4-5,8H2,1H3. The van der Waals surface area contributed by atoms with Gasteiger partial charge in [0.2, 0.25) is 0 Å². The number of nitrogens with one attached hydrogen (secondary N) is 1. The SMILES string of the molecule is CCC1=CC(N)CNC1. The molecule has 0 aromatic heterocycles. The molecule has 1 aliphatic heterocycles. The van der Waals surface area contributed by atoms with Crippen molar-refractivity contribution < 1.29 is 0 Å². The van der Waals surface area contributed by atoms with Gasteiger partial charge in [0, 0.05) is 19.1 Å². The van der Waals surface area contributed by atoms with Crippen molar-refractivity contribution in [2.45, 2.75) is 19.4 Å². The zero-order valence-electron chi connectivity index (χ0n) is 5.85. The number of rotatable bonds is 1. The molecule has 1 rings (SSSR count). The number of hydrogen-bond acceptors (Lipinski definition) is 2. The molecule has 0 amide bonds. The molecule has 0 aliphatic carbocycles. The van der Waals surface area contributed by atoms with Crippen LogP contribution >= 0.6 is 0 Å². The molecule has 52 valence electrons. The second-order valence-electron chi connectivity index (χ2n) is 2.47. The molecule has 1 atom stereocenters. The van der Waals surface area contributed by atoms with Crippen LogP contribution in [-0.2, 0) is 0 Å². The molecule has 2 nitrogen and oxygen atoms in total. The van der Waals surface area contributed by atoms with Gasteiger partial charge in [-0.05, 0) is 6.42 Å². The van der Waals surface area contributed by atoms with E-state index >= 15 is 0 Å². The van der Waals surface area contributed by atoms with Crippen molar-refractivity contribution >= 4 is 0 Å². The second kappa shape index (κ2) is 2.99. The predicted molar refractivity (Wildman–Crippen MR) is 39.2 cm³/mol. The van der Waals surface area contributed by atoms with Crippen LogP contribution in [0, 0.1) is 0 Å². The van der Waals surface area contributed by atoms with Gasteiger partial charge in [-0.25, -0.2) is 0 Å². The van der Waals surface area contributed by atoms with E-state index in [0.29, 0.717) is 0 Å². The third-order valence-electron chi connectivity index (χ3n) is 1.64. The van der Waals surface area contributed by atoms with Crippen molar-refractivity contribution in [1.82, 2.24) is 5.32 Å². The highest BCUT2D eigenvalue weighted by Gasteiger charge is 2.05. The fraction of sp³-hybridized carbons (Fsp3) is 0.714. The van der Waals surface area contributed by atoms with E-state index < -0.39 is 0 Å². The first-order valence-electron chi connectivity index (χ1n) is 3.48. The van der Waals surface area contributed by atoms with Crippen LogP contribution < -0.4 is 11.1 Å². The smallest absolute Gasteiger partial charge is 0.0354 e. The summed E-state index contributed by atoms with van der Waals surface area (Å²) in [6.45, 7) is 4.12. The van der Waals surface area contributed by atoms with E-state index in [1.807, 2.05) is 0 Å². The minimum absolute atomic E-state index is 0.244. The van der Waals surface area contributed by atoms with Crippen molar-refractivity contribution in [3.8, 4) is 0 Å². The predicted octanol–water partition coefficient (Wildman–Crippen LogP) is 0.253. The highest BCUT2D eigenvalue weighted by Crippen LogP contribution is 2.03. The lowest BCUT2D eigenvalue weighted by Crippen LogP contribution is -2.37. The van der Waals surface area contributed by atoms with Crippen LogP contribution in [0.3, 0.4) is 0 Å². The minimum atomic E-state index is 0.244. The van der Waals surface area contributed by atoms with Crippen LogP contribution in [-0.4, -0.2) is 19.1 Å². The summed E-state index contributed by atoms with van der Waals surface area (Å²) in [4.78, 5) is 0. The molecule has 0 aromatic carbocycles. The van der Waals surface area contributed by atoms with Gasteiger partial charge in [0.15, 0.2) is 0 Å². The molecule has 0 bridgehead atoms. The first kappa shape index (κ1) is 6.78. The summed E-state index contributed by atoms with van der Waals surface area (Å²) in [5.41, 5.74) is 7.10. The van der Waals surface area contributed by atoms with Gasteiger partial charge in [0.25, 0.3) is 0 Å². The molecule has 0 radical (unpaired) electrons. The van der Waals surface area contributed by atoms with E-state index in [1.165, 1.54) is 5.57 Å². The van der Waals surface area contributed by atoms with E-state index in [2.05, 4.69) is 18.3 Å². The Morgan fingerprint density at radius 3 is 3.11 bits per heavy atom. The van der Waals surface area contributed by atoms with Gasteiger partial charge >= 0.3 is 0 Å². The zero-order valence-corrected chi connectivity index (χ0v) is 5.85. The quantitative estimate of drug-likeness (QED) is 0.494. The van der Waals surface area contributed by atoms with Gasteiger partial charge < -0.3 is 11.1 Å². The van der Waals surface area contributed by atoms with Gasteiger partial charge in [0.1, 0.15) is 0 Å². The summed E-state index contributed by atoms with van der Waals surface area (Å²) in [7, 11) is 0. The number of hydrogen-bond donors (Lipinski definition) is 2. The Kier molecular flexibility index (Phi) is 2.25. The Bertz CT molecular complexity index is 118. The van der Waals surface area contributed by atoms with Crippen LogP contribution in [0.5, 0.6) is 0 Å². The van der Waals surface area contributed by atoms with Crippen LogP contribution in [0.2, 0.25) is 0 Å². The average Bonchev–Trinajstić information content (AvgIpc) is 1.88. The van der Waals surface area contributed by atoms with Gasteiger partial charge in [-0.2, -0.15) is 0 Å². The highest BCUT2D eigenvalue weighted by atomic mass is 14.9. The first-order valence-corrected chi connectivity index (χ1v) is 3.48. The molecule has 0 spiro atoms. The summed E-state index contributed by atoms with van der Waals surface area (Å²) in [6.07, 6.45) is 3.29. The minimum Gasteiger partial charge on any atom is -0.323 e. The molecule has 1 aliphatic rings. The summed E-state index contributed by atoms with van der Waals surface area (Å²) in [5.74, 6) is 0. The Labute approximate surface area is 56.1 Å². The average molecular weight is 126 g/mol. The monoisotopic (exact) mass is 126 g/mol. The van der Waals surface area contributed by atoms with Crippen molar-refractivity contribution in [3.05, 3.63) is 11.6 Å². The molecule has 9 heavy (non-hydrogen) atoms. The maximum Gasteiger partial charge on any atom is 0.0354 e. The summed E-state index contributed by atoms with van der Waals surface area (Å²) in [5, 5.41) is 3.24. The van der Waals surface area contributed by atoms with Gasteiger partial charge in [-0.15, -0.1) is 0 Å². The molecule has 0 saturated heterocycles. The molecule has 0 aromatic rings. The van der Waals surface area contributed by atoms with Crippen molar-refractivity contribution in [1.29, 1.82) is 0 Å². The van der Waals surface area contributed by atoms with E-state index in [-0.39, 0.29) is 6.04 Å². The molecule has 0 fully saturated rings. The summed E-state index contributed by atoms with van der Waals surface area (Å²) < 4.78 is 0. The molecule has 2 heteroatoms. The van der Waals surface area contributed by atoms with E-state index in [9.17, 15) is 0 Å². The van der Waals surface area contributed by atoms with Crippen LogP contribution in [0.25, 0.3) is 0 Å². The lowest BCUT2D eigenvalue weighted by Gasteiger charge is -2.17. The van der Waals surface area contributed by atoms with Gasteiger partial charge in [0.05, 0.1) is 0 Å².